The summed E-state index contributed by atoms with van der Waals surface area (Å²) in [5, 5.41) is 2.69. The number of halogens is 2. The highest BCUT2D eigenvalue weighted by molar-refractivity contribution is 5.94. The molecule has 1 aromatic carbocycles. The largest absolute Gasteiger partial charge is 0.351 e. The second kappa shape index (κ2) is 7.36. The van der Waals surface area contributed by atoms with Gasteiger partial charge in [0, 0.05) is 6.54 Å². The molecule has 20 heavy (non-hydrogen) atoms. The van der Waals surface area contributed by atoms with E-state index < -0.39 is 17.5 Å². The lowest BCUT2D eigenvalue weighted by atomic mass is 9.87. The normalized spacial score (nSPS) is 11.4. The van der Waals surface area contributed by atoms with Gasteiger partial charge in [-0.25, -0.2) is 8.78 Å². The fourth-order valence-electron chi connectivity index (χ4n) is 2.04. The highest BCUT2D eigenvalue weighted by Crippen LogP contribution is 2.23. The molecular weight excluding hydrogens is 260 g/mol. The molecule has 2 nitrogen and oxygen atoms in total. The van der Waals surface area contributed by atoms with Crippen molar-refractivity contribution in [1.82, 2.24) is 5.32 Å². The van der Waals surface area contributed by atoms with Gasteiger partial charge in [0.1, 0.15) is 0 Å². The number of rotatable bonds is 7. The number of benzene rings is 1. The maximum absolute atomic E-state index is 13.5. The molecule has 1 amide bonds. The number of unbranched alkanes of at least 4 members (excludes halogenated alkanes) is 2. The van der Waals surface area contributed by atoms with Gasteiger partial charge in [-0.2, -0.15) is 0 Å². The summed E-state index contributed by atoms with van der Waals surface area (Å²) in [4.78, 5) is 11.9. The number of hydrogen-bond donors (Lipinski definition) is 1. The zero-order valence-corrected chi connectivity index (χ0v) is 12.4. The molecular formula is C16H23F2NO. The van der Waals surface area contributed by atoms with E-state index in [9.17, 15) is 13.6 Å². The Kier molecular flexibility index (Phi) is 6.11. The first-order valence-electron chi connectivity index (χ1n) is 7.09. The second-order valence-electron chi connectivity index (χ2n) is 5.91. The van der Waals surface area contributed by atoms with E-state index in [-0.39, 0.29) is 11.0 Å². The van der Waals surface area contributed by atoms with Crippen LogP contribution in [0, 0.1) is 17.0 Å². The van der Waals surface area contributed by atoms with Gasteiger partial charge in [-0.1, -0.05) is 46.1 Å². The molecule has 0 aliphatic rings. The van der Waals surface area contributed by atoms with Crippen molar-refractivity contribution in [2.45, 2.75) is 46.5 Å². The Morgan fingerprint density at radius 1 is 1.25 bits per heavy atom. The Bertz CT molecular complexity index is 458. The number of hydrogen-bond acceptors (Lipinski definition) is 1. The van der Waals surface area contributed by atoms with Crippen molar-refractivity contribution in [3.8, 4) is 0 Å². The van der Waals surface area contributed by atoms with Crippen LogP contribution in [0.1, 0.15) is 56.8 Å². The van der Waals surface area contributed by atoms with Crippen molar-refractivity contribution >= 4 is 5.91 Å². The van der Waals surface area contributed by atoms with Crippen molar-refractivity contribution < 1.29 is 13.6 Å². The third-order valence-corrected chi connectivity index (χ3v) is 3.38. The van der Waals surface area contributed by atoms with Crippen molar-refractivity contribution in [1.29, 1.82) is 0 Å². The molecule has 0 saturated heterocycles. The number of amides is 1. The van der Waals surface area contributed by atoms with Gasteiger partial charge < -0.3 is 5.32 Å². The molecule has 4 heteroatoms. The predicted molar refractivity (Wildman–Crippen MR) is 76.6 cm³/mol. The molecule has 1 N–H and O–H groups in total. The molecule has 0 aliphatic heterocycles. The molecule has 0 aliphatic carbocycles. The zero-order chi connectivity index (χ0) is 15.2. The monoisotopic (exact) mass is 283 g/mol. The van der Waals surface area contributed by atoms with Crippen LogP contribution in [0.3, 0.4) is 0 Å². The van der Waals surface area contributed by atoms with E-state index in [0.717, 1.165) is 31.7 Å². The van der Waals surface area contributed by atoms with Crippen molar-refractivity contribution in [2.24, 2.45) is 5.41 Å². The first-order chi connectivity index (χ1) is 9.37. The quantitative estimate of drug-likeness (QED) is 0.743. The Morgan fingerprint density at radius 2 is 1.95 bits per heavy atom. The summed E-state index contributed by atoms with van der Waals surface area (Å²) < 4.78 is 26.5. The van der Waals surface area contributed by atoms with Gasteiger partial charge in [0.2, 0.25) is 0 Å². The molecule has 0 heterocycles. The van der Waals surface area contributed by atoms with E-state index in [1.165, 1.54) is 12.1 Å². The van der Waals surface area contributed by atoms with Crippen molar-refractivity contribution in [3.63, 3.8) is 0 Å². The molecule has 0 spiro atoms. The molecule has 112 valence electrons. The lowest BCUT2D eigenvalue weighted by Gasteiger charge is -2.25. The third kappa shape index (κ3) is 4.91. The first-order valence-corrected chi connectivity index (χ1v) is 7.09. The van der Waals surface area contributed by atoms with Crippen LogP contribution in [0.25, 0.3) is 0 Å². The van der Waals surface area contributed by atoms with Crippen LogP contribution in [-0.2, 0) is 0 Å². The van der Waals surface area contributed by atoms with Crippen LogP contribution in [-0.4, -0.2) is 12.5 Å². The van der Waals surface area contributed by atoms with E-state index >= 15 is 0 Å². The van der Waals surface area contributed by atoms with Crippen LogP contribution in [0.4, 0.5) is 8.78 Å². The Balaban J connectivity index is 2.56. The molecule has 0 saturated carbocycles. The van der Waals surface area contributed by atoms with Gasteiger partial charge in [0.15, 0.2) is 11.6 Å². The Hall–Kier alpha value is -1.45. The summed E-state index contributed by atoms with van der Waals surface area (Å²) in [6.45, 7) is 6.71. The molecule has 0 bridgehead atoms. The lowest BCUT2D eigenvalue weighted by Crippen LogP contribution is -2.34. The molecule has 0 radical (unpaired) electrons. The minimum Gasteiger partial charge on any atom is -0.351 e. The average molecular weight is 283 g/mol. The van der Waals surface area contributed by atoms with Crippen LogP contribution >= 0.6 is 0 Å². The summed E-state index contributed by atoms with van der Waals surface area (Å²) >= 11 is 0. The maximum atomic E-state index is 13.5. The summed E-state index contributed by atoms with van der Waals surface area (Å²) in [6.07, 6.45) is 4.41. The predicted octanol–water partition coefficient (Wildman–Crippen LogP) is 4.30. The first kappa shape index (κ1) is 16.6. The lowest BCUT2D eigenvalue weighted by molar-refractivity contribution is 0.0929. The Labute approximate surface area is 119 Å². The summed E-state index contributed by atoms with van der Waals surface area (Å²) in [7, 11) is 0. The molecule has 1 rings (SSSR count). The SMILES string of the molecule is CCCCCC(C)(C)CNC(=O)c1cccc(F)c1F. The van der Waals surface area contributed by atoms with E-state index in [1.54, 1.807) is 0 Å². The van der Waals surface area contributed by atoms with Crippen LogP contribution in [0.2, 0.25) is 0 Å². The van der Waals surface area contributed by atoms with Crippen molar-refractivity contribution in [2.75, 3.05) is 6.54 Å². The molecule has 1 aromatic rings. The van der Waals surface area contributed by atoms with E-state index in [4.69, 9.17) is 0 Å². The van der Waals surface area contributed by atoms with Gasteiger partial charge in [-0.15, -0.1) is 0 Å². The molecule has 0 unspecified atom stereocenters. The minimum absolute atomic E-state index is 0.0470. The highest BCUT2D eigenvalue weighted by atomic mass is 19.2. The van der Waals surface area contributed by atoms with Gasteiger partial charge in [0.25, 0.3) is 5.91 Å². The van der Waals surface area contributed by atoms with Crippen LogP contribution in [0.15, 0.2) is 18.2 Å². The fraction of sp³-hybridized carbons (Fsp3) is 0.562. The van der Waals surface area contributed by atoms with E-state index in [0.29, 0.717) is 6.54 Å². The second-order valence-corrected chi connectivity index (χ2v) is 5.91. The fourth-order valence-corrected chi connectivity index (χ4v) is 2.04. The van der Waals surface area contributed by atoms with Gasteiger partial charge in [-0.05, 0) is 24.0 Å². The third-order valence-electron chi connectivity index (χ3n) is 3.38. The smallest absolute Gasteiger partial charge is 0.254 e. The van der Waals surface area contributed by atoms with Crippen molar-refractivity contribution in [3.05, 3.63) is 35.4 Å². The summed E-state index contributed by atoms with van der Waals surface area (Å²) in [6, 6.07) is 3.62. The standard InChI is InChI=1S/C16H23F2NO/c1-4-5-6-10-16(2,3)11-19-15(20)12-8-7-9-13(17)14(12)18/h7-9H,4-6,10-11H2,1-3H3,(H,19,20). The summed E-state index contributed by atoms with van der Waals surface area (Å²) in [5.41, 5.74) is -0.288. The minimum atomic E-state index is -1.09. The Morgan fingerprint density at radius 3 is 2.60 bits per heavy atom. The molecule has 0 fully saturated rings. The number of nitrogens with one attached hydrogen (secondary N) is 1. The van der Waals surface area contributed by atoms with Gasteiger partial charge in [0.05, 0.1) is 5.56 Å². The maximum Gasteiger partial charge on any atom is 0.254 e. The topological polar surface area (TPSA) is 29.1 Å². The summed E-state index contributed by atoms with van der Waals surface area (Å²) in [5.74, 6) is -2.65. The highest BCUT2D eigenvalue weighted by Gasteiger charge is 2.20. The average Bonchev–Trinajstić information content (AvgIpc) is 2.39. The van der Waals surface area contributed by atoms with Gasteiger partial charge >= 0.3 is 0 Å². The number of carbonyl (C=O) groups is 1. The van der Waals surface area contributed by atoms with E-state index in [2.05, 4.69) is 26.1 Å². The molecule has 0 atom stereocenters. The van der Waals surface area contributed by atoms with Crippen LogP contribution in [0.5, 0.6) is 0 Å². The number of carbonyl (C=O) groups excluding carboxylic acids is 1. The van der Waals surface area contributed by atoms with Gasteiger partial charge in [-0.3, -0.25) is 4.79 Å². The molecule has 0 aromatic heterocycles. The van der Waals surface area contributed by atoms with Crippen LogP contribution < -0.4 is 5.32 Å². The zero-order valence-electron chi connectivity index (χ0n) is 12.4. The van der Waals surface area contributed by atoms with E-state index in [1.807, 2.05) is 0 Å².